The Morgan fingerprint density at radius 2 is 1.75 bits per heavy atom. The van der Waals surface area contributed by atoms with Crippen LogP contribution in [-0.2, 0) is 10.0 Å². The number of halogens is 1. The summed E-state index contributed by atoms with van der Waals surface area (Å²) in [5.41, 5.74) is 1.07. The Kier molecular flexibility index (Phi) is 8.72. The zero-order valence-corrected chi connectivity index (χ0v) is 15.0. The van der Waals surface area contributed by atoms with Gasteiger partial charge in [-0.2, -0.15) is 0 Å². The first kappa shape index (κ1) is 17.9. The Bertz CT molecular complexity index is 462. The second kappa shape index (κ2) is 9.73. The van der Waals surface area contributed by atoms with E-state index in [0.29, 0.717) is 6.54 Å². The summed E-state index contributed by atoms with van der Waals surface area (Å²) in [5, 5.41) is 0. The molecule has 0 spiro atoms. The molecule has 0 aromatic heterocycles. The molecule has 0 aliphatic carbocycles. The Balaban J connectivity index is 2.31. The van der Waals surface area contributed by atoms with E-state index in [1.54, 1.807) is 0 Å². The molecule has 0 saturated heterocycles. The summed E-state index contributed by atoms with van der Waals surface area (Å²) in [7, 11) is -3.17. The van der Waals surface area contributed by atoms with Crippen LogP contribution >= 0.6 is 22.6 Å². The molecule has 0 radical (unpaired) electrons. The molecule has 114 valence electrons. The fourth-order valence-corrected chi connectivity index (χ4v) is 4.03. The Morgan fingerprint density at radius 3 is 2.40 bits per heavy atom. The third-order valence-corrected chi connectivity index (χ3v) is 5.57. The minimum Gasteiger partial charge on any atom is -0.215 e. The van der Waals surface area contributed by atoms with Gasteiger partial charge in [-0.05, 0) is 28.8 Å². The van der Waals surface area contributed by atoms with Crippen molar-refractivity contribution in [1.29, 1.82) is 0 Å². The zero-order chi connectivity index (χ0) is 14.8. The summed E-state index contributed by atoms with van der Waals surface area (Å²) < 4.78 is 27.9. The van der Waals surface area contributed by atoms with Crippen molar-refractivity contribution in [3.8, 4) is 0 Å². The van der Waals surface area contributed by atoms with Crippen molar-refractivity contribution >= 4 is 32.6 Å². The highest BCUT2D eigenvalue weighted by atomic mass is 127. The number of rotatable bonds is 10. The number of benzene rings is 1. The van der Waals surface area contributed by atoms with Crippen LogP contribution in [0.2, 0.25) is 0 Å². The SMILES string of the molecule is CC(CS(=O)(=O)NCCCCCCI)c1ccccc1. The van der Waals surface area contributed by atoms with E-state index < -0.39 is 10.0 Å². The summed E-state index contributed by atoms with van der Waals surface area (Å²) in [6.45, 7) is 2.51. The van der Waals surface area contributed by atoms with E-state index in [-0.39, 0.29) is 11.7 Å². The van der Waals surface area contributed by atoms with Gasteiger partial charge in [0.05, 0.1) is 5.75 Å². The summed E-state index contributed by atoms with van der Waals surface area (Å²) >= 11 is 2.37. The van der Waals surface area contributed by atoms with Crippen molar-refractivity contribution in [2.24, 2.45) is 0 Å². The number of sulfonamides is 1. The van der Waals surface area contributed by atoms with Crippen LogP contribution in [0.5, 0.6) is 0 Å². The van der Waals surface area contributed by atoms with Gasteiger partial charge in [0, 0.05) is 6.54 Å². The maximum Gasteiger partial charge on any atom is 0.212 e. The lowest BCUT2D eigenvalue weighted by atomic mass is 10.0. The molecule has 20 heavy (non-hydrogen) atoms. The minimum absolute atomic E-state index is 0.0210. The molecule has 1 atom stereocenters. The van der Waals surface area contributed by atoms with Gasteiger partial charge in [-0.1, -0.05) is 72.7 Å². The lowest BCUT2D eigenvalue weighted by Crippen LogP contribution is -2.29. The second-order valence-electron chi connectivity index (χ2n) is 5.09. The largest absolute Gasteiger partial charge is 0.215 e. The number of alkyl halides is 1. The molecule has 1 rings (SSSR count). The molecular formula is C15H24INO2S. The van der Waals surface area contributed by atoms with Gasteiger partial charge >= 0.3 is 0 Å². The topological polar surface area (TPSA) is 46.2 Å². The first-order valence-electron chi connectivity index (χ1n) is 7.13. The second-order valence-corrected chi connectivity index (χ2v) is 8.02. The molecule has 1 aromatic carbocycles. The van der Waals surface area contributed by atoms with E-state index >= 15 is 0 Å². The van der Waals surface area contributed by atoms with Crippen molar-refractivity contribution in [3.63, 3.8) is 0 Å². The smallest absolute Gasteiger partial charge is 0.212 e. The lowest BCUT2D eigenvalue weighted by Gasteiger charge is -2.13. The maximum atomic E-state index is 12.0. The lowest BCUT2D eigenvalue weighted by molar-refractivity contribution is 0.569. The van der Waals surface area contributed by atoms with E-state index in [9.17, 15) is 8.42 Å². The quantitative estimate of drug-likeness (QED) is 0.364. The van der Waals surface area contributed by atoms with Crippen molar-refractivity contribution in [3.05, 3.63) is 35.9 Å². The van der Waals surface area contributed by atoms with Crippen LogP contribution in [0.1, 0.15) is 44.1 Å². The van der Waals surface area contributed by atoms with E-state index in [1.165, 1.54) is 17.3 Å². The molecule has 0 saturated carbocycles. The Morgan fingerprint density at radius 1 is 1.10 bits per heavy atom. The molecule has 0 amide bonds. The van der Waals surface area contributed by atoms with Gasteiger partial charge in [0.2, 0.25) is 10.0 Å². The first-order valence-corrected chi connectivity index (χ1v) is 10.3. The molecule has 0 aliphatic heterocycles. The highest BCUT2D eigenvalue weighted by Crippen LogP contribution is 2.16. The molecule has 5 heteroatoms. The van der Waals surface area contributed by atoms with Gasteiger partial charge in [0.15, 0.2) is 0 Å². The standard InChI is InChI=1S/C15H24INO2S/c1-14(15-9-5-4-6-10-15)13-20(18,19)17-12-8-3-2-7-11-16/h4-6,9-10,14,17H,2-3,7-8,11-13H2,1H3. The minimum atomic E-state index is -3.17. The van der Waals surface area contributed by atoms with Gasteiger partial charge in [-0.3, -0.25) is 0 Å². The van der Waals surface area contributed by atoms with Crippen LogP contribution in [0.4, 0.5) is 0 Å². The maximum absolute atomic E-state index is 12.0. The van der Waals surface area contributed by atoms with Crippen molar-refractivity contribution in [2.45, 2.75) is 38.5 Å². The first-order chi connectivity index (χ1) is 9.55. The van der Waals surface area contributed by atoms with Crippen LogP contribution in [0.25, 0.3) is 0 Å². The molecular weight excluding hydrogens is 385 g/mol. The highest BCUT2D eigenvalue weighted by molar-refractivity contribution is 14.1. The van der Waals surface area contributed by atoms with Crippen LogP contribution in [0, 0.1) is 0 Å². The van der Waals surface area contributed by atoms with E-state index in [4.69, 9.17) is 0 Å². The fraction of sp³-hybridized carbons (Fsp3) is 0.600. The van der Waals surface area contributed by atoms with Gasteiger partial charge < -0.3 is 0 Å². The summed E-state index contributed by atoms with van der Waals surface area (Å²) in [5.74, 6) is 0.179. The zero-order valence-electron chi connectivity index (χ0n) is 12.0. The molecule has 0 fully saturated rings. The number of hydrogen-bond donors (Lipinski definition) is 1. The van der Waals surface area contributed by atoms with Crippen molar-refractivity contribution in [2.75, 3.05) is 16.7 Å². The molecule has 1 aromatic rings. The highest BCUT2D eigenvalue weighted by Gasteiger charge is 2.16. The monoisotopic (exact) mass is 409 g/mol. The van der Waals surface area contributed by atoms with Crippen LogP contribution in [0.15, 0.2) is 30.3 Å². The van der Waals surface area contributed by atoms with Crippen molar-refractivity contribution < 1.29 is 8.42 Å². The predicted molar refractivity (Wildman–Crippen MR) is 94.0 cm³/mol. The van der Waals surface area contributed by atoms with Crippen LogP contribution in [-0.4, -0.2) is 25.1 Å². The van der Waals surface area contributed by atoms with Crippen LogP contribution < -0.4 is 4.72 Å². The van der Waals surface area contributed by atoms with E-state index in [2.05, 4.69) is 27.3 Å². The molecule has 0 aliphatic rings. The van der Waals surface area contributed by atoms with Crippen molar-refractivity contribution in [1.82, 2.24) is 4.72 Å². The average molecular weight is 409 g/mol. The predicted octanol–water partition coefficient (Wildman–Crippen LogP) is 3.70. The summed E-state index contributed by atoms with van der Waals surface area (Å²) in [4.78, 5) is 0. The molecule has 3 nitrogen and oxygen atoms in total. The van der Waals surface area contributed by atoms with Gasteiger partial charge in [-0.15, -0.1) is 0 Å². The third-order valence-electron chi connectivity index (χ3n) is 3.22. The molecule has 1 N–H and O–H groups in total. The number of hydrogen-bond acceptors (Lipinski definition) is 2. The normalized spacial score (nSPS) is 13.3. The fourth-order valence-electron chi connectivity index (χ4n) is 2.07. The van der Waals surface area contributed by atoms with Gasteiger partial charge in [0.25, 0.3) is 0 Å². The molecule has 1 unspecified atom stereocenters. The summed E-state index contributed by atoms with van der Waals surface area (Å²) in [6, 6.07) is 9.78. The molecule has 0 heterocycles. The average Bonchev–Trinajstić information content (AvgIpc) is 2.43. The number of unbranched alkanes of at least 4 members (excludes halogenated alkanes) is 3. The third kappa shape index (κ3) is 7.59. The van der Waals surface area contributed by atoms with E-state index in [1.807, 2.05) is 37.3 Å². The molecule has 0 bridgehead atoms. The number of nitrogens with one attached hydrogen (secondary N) is 1. The Hall–Kier alpha value is -0.140. The Labute approximate surface area is 136 Å². The van der Waals surface area contributed by atoms with Gasteiger partial charge in [-0.25, -0.2) is 13.1 Å². The van der Waals surface area contributed by atoms with Gasteiger partial charge in [0.1, 0.15) is 0 Å². The van der Waals surface area contributed by atoms with E-state index in [0.717, 1.165) is 18.4 Å². The van der Waals surface area contributed by atoms with Crippen LogP contribution in [0.3, 0.4) is 0 Å². The summed E-state index contributed by atoms with van der Waals surface area (Å²) in [6.07, 6.45) is 4.43.